The van der Waals surface area contributed by atoms with Crippen molar-refractivity contribution in [1.82, 2.24) is 9.88 Å². The van der Waals surface area contributed by atoms with Gasteiger partial charge in [0.2, 0.25) is 5.91 Å². The summed E-state index contributed by atoms with van der Waals surface area (Å²) in [6.07, 6.45) is 3.99. The van der Waals surface area contributed by atoms with Crippen molar-refractivity contribution in [3.63, 3.8) is 0 Å². The summed E-state index contributed by atoms with van der Waals surface area (Å²) in [7, 11) is 0. The Morgan fingerprint density at radius 2 is 1.90 bits per heavy atom. The molecule has 7 heteroatoms. The fraction of sp³-hybridized carbons (Fsp3) is 0.217. The molecule has 1 fully saturated rings. The van der Waals surface area contributed by atoms with Gasteiger partial charge >= 0.3 is 0 Å². The second-order valence-electron chi connectivity index (χ2n) is 6.96. The number of carbonyl (C=O) groups excluding carboxylic acids is 1. The van der Waals surface area contributed by atoms with Gasteiger partial charge in [-0.15, -0.1) is 0 Å². The smallest absolute Gasteiger partial charge is 0.249 e. The highest BCUT2D eigenvalue weighted by molar-refractivity contribution is 6.30. The Morgan fingerprint density at radius 1 is 1.13 bits per heavy atom. The number of ether oxygens (including phenoxy) is 2. The zero-order chi connectivity index (χ0) is 20.9. The Labute approximate surface area is 179 Å². The van der Waals surface area contributed by atoms with Gasteiger partial charge in [0.15, 0.2) is 0 Å². The maximum Gasteiger partial charge on any atom is 0.249 e. The van der Waals surface area contributed by atoms with E-state index in [2.05, 4.69) is 4.98 Å². The van der Waals surface area contributed by atoms with Crippen LogP contribution in [-0.2, 0) is 16.0 Å². The molecule has 0 radical (unpaired) electrons. The molecule has 0 aliphatic carbocycles. The minimum atomic E-state index is -0.336. The molecule has 4 rings (SSSR count). The van der Waals surface area contributed by atoms with Crippen LogP contribution in [0.1, 0.15) is 17.2 Å². The van der Waals surface area contributed by atoms with Crippen LogP contribution in [0, 0.1) is 5.82 Å². The molecule has 0 saturated carbocycles. The molecule has 1 aliphatic heterocycles. The summed E-state index contributed by atoms with van der Waals surface area (Å²) in [5.41, 5.74) is 1.83. The lowest BCUT2D eigenvalue weighted by atomic mass is 10.0. The van der Waals surface area contributed by atoms with E-state index in [4.69, 9.17) is 21.1 Å². The summed E-state index contributed by atoms with van der Waals surface area (Å²) in [6, 6.07) is 14.8. The second kappa shape index (κ2) is 9.24. The van der Waals surface area contributed by atoms with E-state index in [1.807, 2.05) is 24.3 Å². The number of morpholine rings is 1. The van der Waals surface area contributed by atoms with Crippen molar-refractivity contribution in [3.05, 3.63) is 89.0 Å². The van der Waals surface area contributed by atoms with Gasteiger partial charge in [-0.05, 0) is 54.4 Å². The molecule has 3 aromatic rings. The average molecular weight is 427 g/mol. The zero-order valence-electron chi connectivity index (χ0n) is 16.1. The van der Waals surface area contributed by atoms with E-state index in [1.165, 1.54) is 12.1 Å². The normalized spacial score (nSPS) is 16.5. The second-order valence-corrected chi connectivity index (χ2v) is 7.40. The van der Waals surface area contributed by atoms with Crippen LogP contribution >= 0.6 is 11.6 Å². The van der Waals surface area contributed by atoms with E-state index in [9.17, 15) is 9.18 Å². The van der Waals surface area contributed by atoms with E-state index in [-0.39, 0.29) is 24.4 Å². The summed E-state index contributed by atoms with van der Waals surface area (Å²) in [4.78, 5) is 18.7. The molecule has 1 saturated heterocycles. The number of benzene rings is 2. The predicted molar refractivity (Wildman–Crippen MR) is 111 cm³/mol. The molecule has 1 aromatic heterocycles. The Balaban J connectivity index is 1.56. The first-order valence-electron chi connectivity index (χ1n) is 9.59. The Hall–Kier alpha value is -2.96. The number of hydrogen-bond donors (Lipinski definition) is 0. The summed E-state index contributed by atoms with van der Waals surface area (Å²) in [5, 5.41) is 0.678. The SMILES string of the molecule is O=C1COCC(c2cnccc2Oc2ccc(F)cc2)N1CCc1ccc(Cl)cc1. The van der Waals surface area contributed by atoms with Crippen LogP contribution in [0.25, 0.3) is 0 Å². The van der Waals surface area contributed by atoms with Crippen LogP contribution in [0.2, 0.25) is 5.02 Å². The van der Waals surface area contributed by atoms with Gasteiger partial charge in [0, 0.05) is 29.5 Å². The number of nitrogens with zero attached hydrogens (tertiary/aromatic N) is 2. The molecule has 1 unspecified atom stereocenters. The number of rotatable bonds is 6. The number of aromatic nitrogens is 1. The van der Waals surface area contributed by atoms with Crippen LogP contribution < -0.4 is 4.74 Å². The van der Waals surface area contributed by atoms with E-state index in [0.29, 0.717) is 36.1 Å². The van der Waals surface area contributed by atoms with Gasteiger partial charge in [-0.25, -0.2) is 4.39 Å². The summed E-state index contributed by atoms with van der Waals surface area (Å²) in [5.74, 6) is 0.629. The topological polar surface area (TPSA) is 51.7 Å². The molecule has 5 nitrogen and oxygen atoms in total. The molecule has 0 N–H and O–H groups in total. The Kier molecular flexibility index (Phi) is 6.26. The number of amides is 1. The van der Waals surface area contributed by atoms with Crippen molar-refractivity contribution in [2.45, 2.75) is 12.5 Å². The first kappa shape index (κ1) is 20.3. The molecule has 1 aliphatic rings. The van der Waals surface area contributed by atoms with Crippen molar-refractivity contribution in [2.24, 2.45) is 0 Å². The summed E-state index contributed by atoms with van der Waals surface area (Å²) < 4.78 is 24.7. The van der Waals surface area contributed by atoms with Gasteiger partial charge in [0.05, 0.1) is 12.6 Å². The van der Waals surface area contributed by atoms with Crippen molar-refractivity contribution in [3.8, 4) is 11.5 Å². The Bertz CT molecular complexity index is 1010. The lowest BCUT2D eigenvalue weighted by Gasteiger charge is -2.36. The third-order valence-electron chi connectivity index (χ3n) is 4.96. The summed E-state index contributed by atoms with van der Waals surface area (Å²) >= 11 is 5.96. The molecular formula is C23H20ClFN2O3. The van der Waals surface area contributed by atoms with E-state index in [1.54, 1.807) is 35.5 Å². The highest BCUT2D eigenvalue weighted by Gasteiger charge is 2.32. The summed E-state index contributed by atoms with van der Waals surface area (Å²) in [6.45, 7) is 0.919. The van der Waals surface area contributed by atoms with Crippen LogP contribution in [0.15, 0.2) is 67.0 Å². The van der Waals surface area contributed by atoms with Gasteiger partial charge in [-0.1, -0.05) is 23.7 Å². The minimum Gasteiger partial charge on any atom is -0.457 e. The van der Waals surface area contributed by atoms with Gasteiger partial charge in [-0.2, -0.15) is 0 Å². The molecule has 1 amide bonds. The quantitative estimate of drug-likeness (QED) is 0.567. The fourth-order valence-electron chi connectivity index (χ4n) is 3.41. The zero-order valence-corrected chi connectivity index (χ0v) is 16.9. The van der Waals surface area contributed by atoms with Crippen LogP contribution in [0.4, 0.5) is 4.39 Å². The third-order valence-corrected chi connectivity index (χ3v) is 5.21. The van der Waals surface area contributed by atoms with Crippen LogP contribution in [0.3, 0.4) is 0 Å². The highest BCUT2D eigenvalue weighted by Crippen LogP contribution is 2.34. The van der Waals surface area contributed by atoms with Crippen LogP contribution in [-0.4, -0.2) is 35.5 Å². The van der Waals surface area contributed by atoms with Crippen molar-refractivity contribution in [2.75, 3.05) is 19.8 Å². The highest BCUT2D eigenvalue weighted by atomic mass is 35.5. The number of carbonyl (C=O) groups is 1. The van der Waals surface area contributed by atoms with Gasteiger partial charge in [0.1, 0.15) is 23.9 Å². The molecule has 0 spiro atoms. The van der Waals surface area contributed by atoms with E-state index < -0.39 is 0 Å². The predicted octanol–water partition coefficient (Wildman–Crippen LogP) is 4.81. The van der Waals surface area contributed by atoms with Crippen molar-refractivity contribution >= 4 is 17.5 Å². The first-order chi connectivity index (χ1) is 14.6. The third kappa shape index (κ3) is 4.78. The van der Waals surface area contributed by atoms with E-state index in [0.717, 1.165) is 11.1 Å². The lowest BCUT2D eigenvalue weighted by Crippen LogP contribution is -2.45. The molecule has 30 heavy (non-hydrogen) atoms. The van der Waals surface area contributed by atoms with E-state index >= 15 is 0 Å². The standard InChI is InChI=1S/C23H20ClFN2O3/c24-17-3-1-16(2-4-17)10-12-27-21(14-29-15-23(27)28)20-13-26-11-9-22(20)30-19-7-5-18(25)6-8-19/h1-9,11,13,21H,10,12,14-15H2. The fourth-order valence-corrected chi connectivity index (χ4v) is 3.54. The molecule has 154 valence electrons. The average Bonchev–Trinajstić information content (AvgIpc) is 2.76. The molecule has 1 atom stereocenters. The molecular weight excluding hydrogens is 407 g/mol. The largest absolute Gasteiger partial charge is 0.457 e. The lowest BCUT2D eigenvalue weighted by molar-refractivity contribution is -0.148. The van der Waals surface area contributed by atoms with Gasteiger partial charge in [0.25, 0.3) is 0 Å². The first-order valence-corrected chi connectivity index (χ1v) is 9.97. The van der Waals surface area contributed by atoms with Crippen molar-refractivity contribution < 1.29 is 18.7 Å². The molecule has 0 bridgehead atoms. The maximum absolute atomic E-state index is 13.2. The maximum atomic E-state index is 13.2. The number of hydrogen-bond acceptors (Lipinski definition) is 4. The number of halogens is 2. The monoisotopic (exact) mass is 426 g/mol. The van der Waals surface area contributed by atoms with Crippen molar-refractivity contribution in [1.29, 1.82) is 0 Å². The van der Waals surface area contributed by atoms with Gasteiger partial charge in [-0.3, -0.25) is 9.78 Å². The molecule has 2 heterocycles. The number of pyridine rings is 1. The van der Waals surface area contributed by atoms with Crippen LogP contribution in [0.5, 0.6) is 11.5 Å². The van der Waals surface area contributed by atoms with Gasteiger partial charge < -0.3 is 14.4 Å². The Morgan fingerprint density at radius 3 is 2.67 bits per heavy atom. The minimum absolute atomic E-state index is 0.0472. The molecule has 2 aromatic carbocycles.